The molecule has 5 nitrogen and oxygen atoms in total. The van der Waals surface area contributed by atoms with E-state index >= 15 is 0 Å². The van der Waals surface area contributed by atoms with Crippen LogP contribution in [0, 0.1) is 0 Å². The minimum absolute atomic E-state index is 0. The number of aliphatic hydroxyl groups excluding tert-OH is 2. The van der Waals surface area contributed by atoms with Crippen molar-refractivity contribution >= 4 is 29.8 Å². The van der Waals surface area contributed by atoms with Gasteiger partial charge in [0.2, 0.25) is 0 Å². The third kappa shape index (κ3) is 4.47. The highest BCUT2D eigenvalue weighted by Crippen LogP contribution is 2.24. The van der Waals surface area contributed by atoms with Gasteiger partial charge in [-0.25, -0.2) is 4.98 Å². The Morgan fingerprint density at radius 3 is 2.68 bits per heavy atom. The monoisotopic (exact) mass is 307 g/mol. The molecule has 2 heterocycles. The maximum Gasteiger partial charge on any atom is 0.147 e. The molecule has 3 N–H and O–H groups in total. The smallest absolute Gasteiger partial charge is 0.147 e. The van der Waals surface area contributed by atoms with Crippen molar-refractivity contribution in [1.29, 1.82) is 0 Å². The summed E-state index contributed by atoms with van der Waals surface area (Å²) in [5, 5.41) is 22.1. The second-order valence-electron chi connectivity index (χ2n) is 4.43. The van der Waals surface area contributed by atoms with Crippen molar-refractivity contribution < 1.29 is 10.2 Å². The second-order valence-corrected chi connectivity index (χ2v) is 4.83. The molecule has 1 atom stereocenters. The zero-order valence-electron chi connectivity index (χ0n) is 10.5. The summed E-state index contributed by atoms with van der Waals surface area (Å²) in [5.41, 5.74) is 0.834. The van der Waals surface area contributed by atoms with Gasteiger partial charge in [0.15, 0.2) is 0 Å². The molecule has 1 aromatic rings. The Labute approximate surface area is 124 Å². The number of pyridine rings is 1. The molecular weight excluding hydrogens is 289 g/mol. The van der Waals surface area contributed by atoms with Crippen LogP contribution in [0.2, 0.25) is 5.02 Å². The van der Waals surface area contributed by atoms with Crippen LogP contribution in [0.4, 0.5) is 5.82 Å². The van der Waals surface area contributed by atoms with Crippen LogP contribution in [0.15, 0.2) is 12.3 Å². The first-order valence-corrected chi connectivity index (χ1v) is 6.47. The van der Waals surface area contributed by atoms with E-state index in [0.29, 0.717) is 11.4 Å². The molecule has 7 heteroatoms. The van der Waals surface area contributed by atoms with Gasteiger partial charge < -0.3 is 20.4 Å². The topological polar surface area (TPSA) is 68.6 Å². The third-order valence-corrected chi connectivity index (χ3v) is 3.26. The van der Waals surface area contributed by atoms with E-state index in [9.17, 15) is 5.11 Å². The summed E-state index contributed by atoms with van der Waals surface area (Å²) in [6.07, 6.45) is 1.32. The van der Waals surface area contributed by atoms with E-state index in [1.807, 2.05) is 6.07 Å². The number of rotatable bonds is 4. The van der Waals surface area contributed by atoms with Crippen LogP contribution < -0.4 is 10.2 Å². The van der Waals surface area contributed by atoms with Gasteiger partial charge in [0.25, 0.3) is 0 Å². The second kappa shape index (κ2) is 7.87. The Hall–Kier alpha value is -0.590. The Balaban J connectivity index is 0.00000180. The highest BCUT2D eigenvalue weighted by atomic mass is 35.5. The third-order valence-electron chi connectivity index (χ3n) is 2.98. The van der Waals surface area contributed by atoms with Crippen molar-refractivity contribution in [3.63, 3.8) is 0 Å². The number of nitrogens with one attached hydrogen (secondary N) is 1. The summed E-state index contributed by atoms with van der Waals surface area (Å²) in [6.45, 7) is 3.40. The van der Waals surface area contributed by atoms with Gasteiger partial charge in [-0.3, -0.25) is 0 Å². The van der Waals surface area contributed by atoms with Gasteiger partial charge >= 0.3 is 0 Å². The summed E-state index contributed by atoms with van der Waals surface area (Å²) < 4.78 is 0. The molecule has 1 aliphatic heterocycles. The lowest BCUT2D eigenvalue weighted by atomic mass is 10.1. The summed E-state index contributed by atoms with van der Waals surface area (Å²) in [5.74, 6) is 0.792. The molecule has 0 aliphatic carbocycles. The van der Waals surface area contributed by atoms with Gasteiger partial charge in [0, 0.05) is 38.8 Å². The lowest BCUT2D eigenvalue weighted by molar-refractivity contribution is 0.0954. The standard InChI is InChI=1S/C12H18ClN3O2.ClH/c13-11-6-9(5-10(18)8-17)7-15-12(11)16-3-1-14-2-4-16;/h6-7,10,14,17-18H,1-5,8H2;1H/t10-;/m1./s1. The minimum atomic E-state index is -0.757. The van der Waals surface area contributed by atoms with Crippen LogP contribution >= 0.6 is 24.0 Å². The quantitative estimate of drug-likeness (QED) is 0.754. The minimum Gasteiger partial charge on any atom is -0.394 e. The van der Waals surface area contributed by atoms with Crippen molar-refractivity contribution in [2.45, 2.75) is 12.5 Å². The van der Waals surface area contributed by atoms with Crippen LogP contribution in [-0.4, -0.2) is 54.1 Å². The molecule has 0 bridgehead atoms. The Morgan fingerprint density at radius 2 is 2.11 bits per heavy atom. The molecule has 0 radical (unpaired) electrons. The predicted octanol–water partition coefficient (Wildman–Crippen LogP) is 0.462. The number of hydrogen-bond donors (Lipinski definition) is 3. The Morgan fingerprint density at radius 1 is 1.42 bits per heavy atom. The van der Waals surface area contributed by atoms with Gasteiger partial charge in [0.1, 0.15) is 5.82 Å². The van der Waals surface area contributed by atoms with Gasteiger partial charge in [-0.05, 0) is 11.6 Å². The number of hydrogen-bond acceptors (Lipinski definition) is 5. The van der Waals surface area contributed by atoms with E-state index in [1.165, 1.54) is 0 Å². The first kappa shape index (κ1) is 16.5. The Kier molecular flexibility index (Phi) is 6.82. The summed E-state index contributed by atoms with van der Waals surface area (Å²) in [4.78, 5) is 6.51. The average molecular weight is 308 g/mol. The molecule has 108 valence electrons. The molecule has 1 saturated heterocycles. The number of aromatic nitrogens is 1. The van der Waals surface area contributed by atoms with E-state index in [-0.39, 0.29) is 19.0 Å². The van der Waals surface area contributed by atoms with E-state index in [4.69, 9.17) is 16.7 Å². The molecule has 1 aliphatic rings. The number of piperazine rings is 1. The summed E-state index contributed by atoms with van der Waals surface area (Å²) in [6, 6.07) is 1.81. The molecule has 2 rings (SSSR count). The van der Waals surface area contributed by atoms with Crippen molar-refractivity contribution in [1.82, 2.24) is 10.3 Å². The fourth-order valence-corrected chi connectivity index (χ4v) is 2.34. The van der Waals surface area contributed by atoms with Crippen LogP contribution in [0.1, 0.15) is 5.56 Å². The summed E-state index contributed by atoms with van der Waals surface area (Å²) in [7, 11) is 0. The molecule has 0 aromatic carbocycles. The maximum absolute atomic E-state index is 9.38. The predicted molar refractivity (Wildman–Crippen MR) is 78.4 cm³/mol. The fourth-order valence-electron chi connectivity index (χ4n) is 2.03. The van der Waals surface area contributed by atoms with Gasteiger partial charge in [-0.15, -0.1) is 12.4 Å². The zero-order chi connectivity index (χ0) is 13.0. The highest BCUT2D eigenvalue weighted by molar-refractivity contribution is 6.33. The zero-order valence-corrected chi connectivity index (χ0v) is 12.1. The van der Waals surface area contributed by atoms with Crippen molar-refractivity contribution in [3.8, 4) is 0 Å². The molecule has 0 spiro atoms. The van der Waals surface area contributed by atoms with Gasteiger partial charge in [0.05, 0.1) is 17.7 Å². The van der Waals surface area contributed by atoms with E-state index in [1.54, 1.807) is 6.20 Å². The van der Waals surface area contributed by atoms with Crippen LogP contribution in [0.3, 0.4) is 0 Å². The number of anilines is 1. The molecule has 0 amide bonds. The van der Waals surface area contributed by atoms with E-state index in [0.717, 1.165) is 37.6 Å². The first-order valence-electron chi connectivity index (χ1n) is 6.09. The van der Waals surface area contributed by atoms with Crippen LogP contribution in [-0.2, 0) is 6.42 Å². The number of nitrogens with zero attached hydrogens (tertiary/aromatic N) is 2. The normalized spacial score (nSPS) is 16.9. The average Bonchev–Trinajstić information content (AvgIpc) is 2.40. The van der Waals surface area contributed by atoms with Crippen LogP contribution in [0.25, 0.3) is 0 Å². The number of halogens is 2. The fraction of sp³-hybridized carbons (Fsp3) is 0.583. The largest absolute Gasteiger partial charge is 0.394 e. The molecule has 0 saturated carbocycles. The van der Waals surface area contributed by atoms with E-state index in [2.05, 4.69) is 15.2 Å². The SMILES string of the molecule is Cl.OC[C@H](O)Cc1cnc(N2CCNCC2)c(Cl)c1. The molecular formula is C12H19Cl2N3O2. The Bertz CT molecular complexity index is 401. The number of aliphatic hydroxyl groups is 2. The van der Waals surface area contributed by atoms with Crippen molar-refractivity contribution in [3.05, 3.63) is 22.8 Å². The summed E-state index contributed by atoms with van der Waals surface area (Å²) >= 11 is 6.22. The highest BCUT2D eigenvalue weighted by Gasteiger charge is 2.15. The lowest BCUT2D eigenvalue weighted by Crippen LogP contribution is -2.44. The van der Waals surface area contributed by atoms with Gasteiger partial charge in [-0.1, -0.05) is 11.6 Å². The van der Waals surface area contributed by atoms with Crippen molar-refractivity contribution in [2.75, 3.05) is 37.7 Å². The molecule has 19 heavy (non-hydrogen) atoms. The van der Waals surface area contributed by atoms with Crippen molar-refractivity contribution in [2.24, 2.45) is 0 Å². The maximum atomic E-state index is 9.38. The molecule has 1 aromatic heterocycles. The molecule has 0 unspecified atom stereocenters. The van der Waals surface area contributed by atoms with Gasteiger partial charge in [-0.2, -0.15) is 0 Å². The first-order chi connectivity index (χ1) is 8.70. The van der Waals surface area contributed by atoms with E-state index < -0.39 is 6.10 Å². The van der Waals surface area contributed by atoms with Crippen LogP contribution in [0.5, 0.6) is 0 Å². The lowest BCUT2D eigenvalue weighted by Gasteiger charge is -2.29. The molecule has 1 fully saturated rings.